The fourth-order valence-corrected chi connectivity index (χ4v) is 1.77. The van der Waals surface area contributed by atoms with Crippen molar-refractivity contribution in [1.29, 1.82) is 0 Å². The SMILES string of the molecule is Cc1cccc(Nc2cnc(C(=O)NCC(C)C)cn2)c1. The van der Waals surface area contributed by atoms with Crippen molar-refractivity contribution in [2.45, 2.75) is 20.8 Å². The molecule has 0 unspecified atom stereocenters. The number of aromatic nitrogens is 2. The first-order chi connectivity index (χ1) is 10.0. The monoisotopic (exact) mass is 284 g/mol. The first-order valence-corrected chi connectivity index (χ1v) is 6.98. The highest BCUT2D eigenvalue weighted by Crippen LogP contribution is 2.14. The molecule has 1 aromatic carbocycles. The van der Waals surface area contributed by atoms with Crippen molar-refractivity contribution in [3.05, 3.63) is 47.9 Å². The molecule has 0 fully saturated rings. The second kappa shape index (κ2) is 6.83. The topological polar surface area (TPSA) is 66.9 Å². The third-order valence-electron chi connectivity index (χ3n) is 2.85. The maximum absolute atomic E-state index is 11.8. The van der Waals surface area contributed by atoms with Crippen LogP contribution in [0.2, 0.25) is 0 Å². The molecule has 2 N–H and O–H groups in total. The van der Waals surface area contributed by atoms with Crippen LogP contribution >= 0.6 is 0 Å². The van der Waals surface area contributed by atoms with Crippen molar-refractivity contribution in [3.63, 3.8) is 0 Å². The molecule has 5 nitrogen and oxygen atoms in total. The fourth-order valence-electron chi connectivity index (χ4n) is 1.77. The van der Waals surface area contributed by atoms with E-state index in [2.05, 4.69) is 20.6 Å². The van der Waals surface area contributed by atoms with E-state index in [0.717, 1.165) is 11.3 Å². The van der Waals surface area contributed by atoms with Gasteiger partial charge in [-0.05, 0) is 30.5 Å². The van der Waals surface area contributed by atoms with Crippen LogP contribution in [0.15, 0.2) is 36.7 Å². The predicted molar refractivity (Wildman–Crippen MR) is 83.7 cm³/mol. The third-order valence-corrected chi connectivity index (χ3v) is 2.85. The van der Waals surface area contributed by atoms with Crippen LogP contribution in [0.3, 0.4) is 0 Å². The van der Waals surface area contributed by atoms with Gasteiger partial charge in [-0.25, -0.2) is 9.97 Å². The summed E-state index contributed by atoms with van der Waals surface area (Å²) in [5, 5.41) is 5.97. The van der Waals surface area contributed by atoms with E-state index >= 15 is 0 Å². The fraction of sp³-hybridized carbons (Fsp3) is 0.312. The Labute approximate surface area is 124 Å². The minimum atomic E-state index is -0.196. The van der Waals surface area contributed by atoms with Gasteiger partial charge in [-0.3, -0.25) is 4.79 Å². The van der Waals surface area contributed by atoms with E-state index in [4.69, 9.17) is 0 Å². The Balaban J connectivity index is 2.00. The second-order valence-corrected chi connectivity index (χ2v) is 5.39. The number of aryl methyl sites for hydroxylation is 1. The van der Waals surface area contributed by atoms with Crippen molar-refractivity contribution in [2.75, 3.05) is 11.9 Å². The van der Waals surface area contributed by atoms with Crippen molar-refractivity contribution in [2.24, 2.45) is 5.92 Å². The molecule has 0 spiro atoms. The van der Waals surface area contributed by atoms with Gasteiger partial charge in [-0.15, -0.1) is 0 Å². The first-order valence-electron chi connectivity index (χ1n) is 6.98. The van der Waals surface area contributed by atoms with Gasteiger partial charge in [0, 0.05) is 12.2 Å². The smallest absolute Gasteiger partial charge is 0.271 e. The van der Waals surface area contributed by atoms with Gasteiger partial charge < -0.3 is 10.6 Å². The summed E-state index contributed by atoms with van der Waals surface area (Å²) < 4.78 is 0. The Morgan fingerprint density at radius 1 is 1.24 bits per heavy atom. The van der Waals surface area contributed by atoms with E-state index in [0.29, 0.717) is 24.0 Å². The number of hydrogen-bond donors (Lipinski definition) is 2. The molecular formula is C16H20N4O. The molecule has 0 atom stereocenters. The summed E-state index contributed by atoms with van der Waals surface area (Å²) in [5.41, 5.74) is 2.43. The molecule has 0 aliphatic carbocycles. The highest BCUT2D eigenvalue weighted by Gasteiger charge is 2.08. The Hall–Kier alpha value is -2.43. The normalized spacial score (nSPS) is 10.5. The average molecular weight is 284 g/mol. The summed E-state index contributed by atoms with van der Waals surface area (Å²) in [5.74, 6) is 0.823. The Kier molecular flexibility index (Phi) is 4.87. The largest absolute Gasteiger partial charge is 0.350 e. The summed E-state index contributed by atoms with van der Waals surface area (Å²) in [4.78, 5) is 20.2. The highest BCUT2D eigenvalue weighted by atomic mass is 16.1. The second-order valence-electron chi connectivity index (χ2n) is 5.39. The first kappa shape index (κ1) is 15.0. The third kappa shape index (κ3) is 4.56. The Morgan fingerprint density at radius 2 is 2.05 bits per heavy atom. The Morgan fingerprint density at radius 3 is 2.67 bits per heavy atom. The minimum Gasteiger partial charge on any atom is -0.350 e. The number of amides is 1. The molecule has 0 bridgehead atoms. The van der Waals surface area contributed by atoms with Crippen molar-refractivity contribution in [3.8, 4) is 0 Å². The average Bonchev–Trinajstić information content (AvgIpc) is 2.45. The van der Waals surface area contributed by atoms with Gasteiger partial charge in [0.05, 0.1) is 12.4 Å². The van der Waals surface area contributed by atoms with E-state index in [9.17, 15) is 4.79 Å². The van der Waals surface area contributed by atoms with Gasteiger partial charge in [0.2, 0.25) is 0 Å². The summed E-state index contributed by atoms with van der Waals surface area (Å²) in [6.07, 6.45) is 3.04. The lowest BCUT2D eigenvalue weighted by atomic mass is 10.2. The van der Waals surface area contributed by atoms with E-state index in [1.165, 1.54) is 6.20 Å². The van der Waals surface area contributed by atoms with Gasteiger partial charge in [-0.2, -0.15) is 0 Å². The van der Waals surface area contributed by atoms with Crippen LogP contribution in [-0.2, 0) is 0 Å². The van der Waals surface area contributed by atoms with E-state index in [-0.39, 0.29) is 5.91 Å². The van der Waals surface area contributed by atoms with E-state index < -0.39 is 0 Å². The minimum absolute atomic E-state index is 0.196. The molecule has 0 radical (unpaired) electrons. The van der Waals surface area contributed by atoms with Crippen LogP contribution < -0.4 is 10.6 Å². The molecule has 0 saturated heterocycles. The summed E-state index contributed by atoms with van der Waals surface area (Å²) in [6, 6.07) is 7.97. The number of carbonyl (C=O) groups is 1. The summed E-state index contributed by atoms with van der Waals surface area (Å²) in [7, 11) is 0. The zero-order valence-electron chi connectivity index (χ0n) is 12.6. The summed E-state index contributed by atoms with van der Waals surface area (Å²) in [6.45, 7) is 6.74. The molecule has 0 saturated carbocycles. The lowest BCUT2D eigenvalue weighted by Crippen LogP contribution is -2.28. The van der Waals surface area contributed by atoms with Gasteiger partial charge in [-0.1, -0.05) is 26.0 Å². The lowest BCUT2D eigenvalue weighted by Gasteiger charge is -2.08. The number of carbonyl (C=O) groups excluding carboxylic acids is 1. The molecule has 2 aromatic rings. The van der Waals surface area contributed by atoms with E-state index in [1.807, 2.05) is 45.0 Å². The molecule has 5 heteroatoms. The summed E-state index contributed by atoms with van der Waals surface area (Å²) >= 11 is 0. The van der Waals surface area contributed by atoms with Crippen molar-refractivity contribution < 1.29 is 4.79 Å². The van der Waals surface area contributed by atoms with Crippen LogP contribution in [0.25, 0.3) is 0 Å². The van der Waals surface area contributed by atoms with Gasteiger partial charge in [0.15, 0.2) is 0 Å². The Bertz CT molecular complexity index is 608. The molecule has 21 heavy (non-hydrogen) atoms. The number of rotatable bonds is 5. The molecule has 110 valence electrons. The number of benzene rings is 1. The van der Waals surface area contributed by atoms with Crippen LogP contribution in [0.5, 0.6) is 0 Å². The van der Waals surface area contributed by atoms with Gasteiger partial charge in [0.1, 0.15) is 11.5 Å². The quantitative estimate of drug-likeness (QED) is 0.886. The van der Waals surface area contributed by atoms with Crippen LogP contribution in [-0.4, -0.2) is 22.4 Å². The molecule has 2 rings (SSSR count). The highest BCUT2D eigenvalue weighted by molar-refractivity contribution is 5.92. The molecule has 1 aromatic heterocycles. The number of anilines is 2. The maximum Gasteiger partial charge on any atom is 0.271 e. The zero-order chi connectivity index (χ0) is 15.2. The molecule has 0 aliphatic heterocycles. The number of hydrogen-bond acceptors (Lipinski definition) is 4. The van der Waals surface area contributed by atoms with Crippen LogP contribution in [0, 0.1) is 12.8 Å². The van der Waals surface area contributed by atoms with Crippen LogP contribution in [0.1, 0.15) is 29.9 Å². The zero-order valence-corrected chi connectivity index (χ0v) is 12.6. The van der Waals surface area contributed by atoms with Gasteiger partial charge >= 0.3 is 0 Å². The number of nitrogens with zero attached hydrogens (tertiary/aromatic N) is 2. The molecule has 0 aliphatic rings. The van der Waals surface area contributed by atoms with Crippen molar-refractivity contribution >= 4 is 17.4 Å². The van der Waals surface area contributed by atoms with Crippen LogP contribution in [0.4, 0.5) is 11.5 Å². The van der Waals surface area contributed by atoms with E-state index in [1.54, 1.807) is 6.20 Å². The van der Waals surface area contributed by atoms with Crippen molar-refractivity contribution in [1.82, 2.24) is 15.3 Å². The molecular weight excluding hydrogens is 264 g/mol. The predicted octanol–water partition coefficient (Wildman–Crippen LogP) is 2.91. The lowest BCUT2D eigenvalue weighted by molar-refractivity contribution is 0.0943. The molecule has 1 heterocycles. The van der Waals surface area contributed by atoms with Gasteiger partial charge in [0.25, 0.3) is 5.91 Å². The number of nitrogens with one attached hydrogen (secondary N) is 2. The molecule has 1 amide bonds. The standard InChI is InChI=1S/C16H20N4O/c1-11(2)8-19-16(21)14-9-18-15(10-17-14)20-13-6-4-5-12(3)7-13/h4-7,9-11H,8H2,1-3H3,(H,18,20)(H,19,21). The maximum atomic E-state index is 11.8.